The van der Waals surface area contributed by atoms with Crippen LogP contribution in [0.25, 0.3) is 0 Å². The Bertz CT molecular complexity index is 632. The van der Waals surface area contributed by atoms with E-state index in [9.17, 15) is 13.2 Å². The molecule has 2 aromatic carbocycles. The average Bonchev–Trinajstić information content (AvgIpc) is 2.36. The van der Waals surface area contributed by atoms with Gasteiger partial charge in [-0.3, -0.25) is 0 Å². The van der Waals surface area contributed by atoms with Gasteiger partial charge in [0.05, 0.1) is 10.4 Å². The third-order valence-electron chi connectivity index (χ3n) is 2.57. The molecule has 0 bridgehead atoms. The van der Waals surface area contributed by atoms with E-state index in [1.165, 1.54) is 0 Å². The monoisotopic (exact) mass is 368 g/mol. The SMILES string of the molecule is Fc1cc(F)c(C(Cl)c2cccc(Br)c2Cl)cc1F. The summed E-state index contributed by atoms with van der Waals surface area (Å²) in [5.74, 6) is -3.34. The number of rotatable bonds is 2. The van der Waals surface area contributed by atoms with Gasteiger partial charge in [0.2, 0.25) is 0 Å². The Hall–Kier alpha value is -0.710. The van der Waals surface area contributed by atoms with Crippen molar-refractivity contribution in [2.45, 2.75) is 5.38 Å². The van der Waals surface area contributed by atoms with Crippen molar-refractivity contribution < 1.29 is 13.2 Å². The molecule has 100 valence electrons. The molecule has 0 radical (unpaired) electrons. The van der Waals surface area contributed by atoms with Crippen LogP contribution < -0.4 is 0 Å². The zero-order valence-electron chi connectivity index (χ0n) is 9.23. The molecule has 1 atom stereocenters. The summed E-state index contributed by atoms with van der Waals surface area (Å²) in [6, 6.07) is 6.15. The summed E-state index contributed by atoms with van der Waals surface area (Å²) in [4.78, 5) is 0. The minimum absolute atomic E-state index is 0.166. The van der Waals surface area contributed by atoms with Gasteiger partial charge in [0.1, 0.15) is 5.82 Å². The van der Waals surface area contributed by atoms with E-state index in [-0.39, 0.29) is 5.56 Å². The molecule has 0 aliphatic heterocycles. The van der Waals surface area contributed by atoms with Gasteiger partial charge in [-0.15, -0.1) is 11.6 Å². The van der Waals surface area contributed by atoms with Crippen molar-refractivity contribution in [1.29, 1.82) is 0 Å². The lowest BCUT2D eigenvalue weighted by Gasteiger charge is -2.14. The summed E-state index contributed by atoms with van der Waals surface area (Å²) >= 11 is 15.4. The van der Waals surface area contributed by atoms with Crippen molar-refractivity contribution in [3.63, 3.8) is 0 Å². The molecule has 0 fully saturated rings. The van der Waals surface area contributed by atoms with E-state index in [1.807, 2.05) is 0 Å². The molecule has 0 nitrogen and oxygen atoms in total. The van der Waals surface area contributed by atoms with Crippen LogP contribution in [0.3, 0.4) is 0 Å². The highest BCUT2D eigenvalue weighted by Crippen LogP contribution is 2.38. The summed E-state index contributed by atoms with van der Waals surface area (Å²) < 4.78 is 40.3. The molecular formula is C13H6BrCl2F3. The van der Waals surface area contributed by atoms with Crippen molar-refractivity contribution in [2.24, 2.45) is 0 Å². The van der Waals surface area contributed by atoms with E-state index < -0.39 is 22.8 Å². The van der Waals surface area contributed by atoms with E-state index in [2.05, 4.69) is 15.9 Å². The average molecular weight is 370 g/mol. The van der Waals surface area contributed by atoms with Gasteiger partial charge >= 0.3 is 0 Å². The van der Waals surface area contributed by atoms with Crippen LogP contribution in [0.5, 0.6) is 0 Å². The molecule has 0 aliphatic carbocycles. The molecule has 0 saturated heterocycles. The lowest BCUT2D eigenvalue weighted by molar-refractivity contribution is 0.490. The first kappa shape index (κ1) is 14.7. The van der Waals surface area contributed by atoms with E-state index in [0.717, 1.165) is 6.07 Å². The molecule has 0 aliphatic rings. The summed E-state index contributed by atoms with van der Waals surface area (Å²) in [5, 5.41) is -0.716. The molecule has 0 N–H and O–H groups in total. The Labute approximate surface area is 126 Å². The number of benzene rings is 2. The first-order valence-corrected chi connectivity index (χ1v) is 6.75. The van der Waals surface area contributed by atoms with Gasteiger partial charge in [0.15, 0.2) is 11.6 Å². The number of alkyl halides is 1. The smallest absolute Gasteiger partial charge is 0.161 e. The van der Waals surface area contributed by atoms with Crippen molar-refractivity contribution in [3.05, 3.63) is 68.4 Å². The normalized spacial score (nSPS) is 12.5. The Morgan fingerprint density at radius 2 is 1.58 bits per heavy atom. The quantitative estimate of drug-likeness (QED) is 0.460. The Balaban J connectivity index is 2.53. The van der Waals surface area contributed by atoms with E-state index in [1.54, 1.807) is 18.2 Å². The first-order valence-electron chi connectivity index (χ1n) is 5.14. The molecule has 1 unspecified atom stereocenters. The number of hydrogen-bond donors (Lipinski definition) is 0. The van der Waals surface area contributed by atoms with Crippen LogP contribution in [-0.2, 0) is 0 Å². The van der Waals surface area contributed by atoms with Gasteiger partial charge in [0.25, 0.3) is 0 Å². The molecular weight excluding hydrogens is 364 g/mol. The van der Waals surface area contributed by atoms with E-state index in [4.69, 9.17) is 23.2 Å². The fraction of sp³-hybridized carbons (Fsp3) is 0.0769. The van der Waals surface area contributed by atoms with E-state index >= 15 is 0 Å². The molecule has 6 heteroatoms. The van der Waals surface area contributed by atoms with Crippen LogP contribution in [0.1, 0.15) is 16.5 Å². The van der Waals surface area contributed by atoms with Crippen molar-refractivity contribution in [2.75, 3.05) is 0 Å². The molecule has 19 heavy (non-hydrogen) atoms. The predicted molar refractivity (Wildman–Crippen MR) is 73.2 cm³/mol. The third-order valence-corrected chi connectivity index (χ3v) is 4.35. The van der Waals surface area contributed by atoms with Crippen LogP contribution in [0.15, 0.2) is 34.8 Å². The number of hydrogen-bond acceptors (Lipinski definition) is 0. The zero-order chi connectivity index (χ0) is 14.2. The highest BCUT2D eigenvalue weighted by molar-refractivity contribution is 9.10. The van der Waals surface area contributed by atoms with Crippen LogP contribution >= 0.6 is 39.1 Å². The maximum Gasteiger partial charge on any atom is 0.161 e. The summed E-state index contributed by atoms with van der Waals surface area (Å²) in [7, 11) is 0. The van der Waals surface area contributed by atoms with Gasteiger partial charge in [-0.05, 0) is 33.6 Å². The van der Waals surface area contributed by atoms with Gasteiger partial charge in [0, 0.05) is 16.1 Å². The molecule has 2 rings (SSSR count). The summed E-state index contributed by atoms with van der Waals surface area (Å²) in [6.07, 6.45) is 0. The Morgan fingerprint density at radius 1 is 0.947 bits per heavy atom. The van der Waals surface area contributed by atoms with Crippen LogP contribution in [0.4, 0.5) is 13.2 Å². The summed E-state index contributed by atoms with van der Waals surface area (Å²) in [6.45, 7) is 0. The highest BCUT2D eigenvalue weighted by atomic mass is 79.9. The van der Waals surface area contributed by atoms with Crippen molar-refractivity contribution in [3.8, 4) is 0 Å². The molecule has 2 aromatic rings. The molecule has 0 heterocycles. The van der Waals surface area contributed by atoms with Gasteiger partial charge in [-0.1, -0.05) is 23.7 Å². The molecule has 0 aromatic heterocycles. The van der Waals surface area contributed by atoms with Gasteiger partial charge in [-0.25, -0.2) is 13.2 Å². The molecule has 0 spiro atoms. The first-order chi connectivity index (χ1) is 8.91. The van der Waals surface area contributed by atoms with Crippen molar-refractivity contribution in [1.82, 2.24) is 0 Å². The third kappa shape index (κ3) is 2.91. The second-order valence-electron chi connectivity index (χ2n) is 3.79. The molecule has 0 saturated carbocycles. The van der Waals surface area contributed by atoms with Gasteiger partial charge < -0.3 is 0 Å². The Morgan fingerprint density at radius 3 is 2.26 bits per heavy atom. The highest BCUT2D eigenvalue weighted by Gasteiger charge is 2.21. The fourth-order valence-corrected chi connectivity index (χ4v) is 2.64. The predicted octanol–water partition coefficient (Wildman–Crippen LogP) is 5.85. The fourth-order valence-electron chi connectivity index (χ4n) is 1.62. The minimum Gasteiger partial charge on any atom is -0.207 e. The largest absolute Gasteiger partial charge is 0.207 e. The number of halogens is 6. The second kappa shape index (κ2) is 5.73. The maximum absolute atomic E-state index is 13.7. The summed E-state index contributed by atoms with van der Waals surface area (Å²) in [5.41, 5.74) is 0.239. The lowest BCUT2D eigenvalue weighted by atomic mass is 10.0. The maximum atomic E-state index is 13.7. The topological polar surface area (TPSA) is 0 Å². The second-order valence-corrected chi connectivity index (χ2v) is 5.46. The minimum atomic E-state index is -1.26. The standard InChI is InChI=1S/C13H6BrCl2F3/c14-8-3-1-2-6(13(8)16)12(15)7-4-10(18)11(19)5-9(7)17/h1-5,12H. The van der Waals surface area contributed by atoms with Crippen LogP contribution in [0, 0.1) is 17.5 Å². The van der Waals surface area contributed by atoms with Crippen LogP contribution in [-0.4, -0.2) is 0 Å². The molecule has 0 amide bonds. The Kier molecular flexibility index (Phi) is 4.43. The van der Waals surface area contributed by atoms with Crippen molar-refractivity contribution >= 4 is 39.1 Å². The van der Waals surface area contributed by atoms with Crippen LogP contribution in [0.2, 0.25) is 5.02 Å². The zero-order valence-corrected chi connectivity index (χ0v) is 12.3. The van der Waals surface area contributed by atoms with Gasteiger partial charge in [-0.2, -0.15) is 0 Å². The lowest BCUT2D eigenvalue weighted by Crippen LogP contribution is -2.01. The van der Waals surface area contributed by atoms with E-state index in [0.29, 0.717) is 21.1 Å².